The first kappa shape index (κ1) is 14.3. The maximum Gasteiger partial charge on any atom is 0.410 e. The zero-order chi connectivity index (χ0) is 14.0. The number of piperidine rings is 1. The van der Waals surface area contributed by atoms with Gasteiger partial charge in [0.1, 0.15) is 11.4 Å². The van der Waals surface area contributed by atoms with Crippen LogP contribution < -0.4 is 0 Å². The minimum Gasteiger partial charge on any atom is -0.444 e. The summed E-state index contributed by atoms with van der Waals surface area (Å²) in [4.78, 5) is 18.0. The minimum atomic E-state index is -0.441. The van der Waals surface area contributed by atoms with Gasteiger partial charge >= 0.3 is 6.09 Å². The third kappa shape index (κ3) is 3.92. The van der Waals surface area contributed by atoms with E-state index in [1.54, 1.807) is 4.90 Å². The number of H-pyrrole nitrogens is 1. The van der Waals surface area contributed by atoms with Gasteiger partial charge in [-0.15, -0.1) is 5.10 Å². The fourth-order valence-corrected chi connectivity index (χ4v) is 2.38. The van der Waals surface area contributed by atoms with Crippen molar-refractivity contribution in [3.63, 3.8) is 0 Å². The molecule has 1 aliphatic rings. The molecule has 7 heteroatoms. The van der Waals surface area contributed by atoms with Crippen LogP contribution in [0.2, 0.25) is 0 Å². The number of nitrogens with zero attached hydrogens (tertiary/aromatic N) is 3. The summed E-state index contributed by atoms with van der Waals surface area (Å²) < 4.78 is 5.95. The van der Waals surface area contributed by atoms with Gasteiger partial charge in [0, 0.05) is 19.0 Å². The number of rotatable bonds is 1. The molecular weight excluding hydrogens is 312 g/mol. The summed E-state index contributed by atoms with van der Waals surface area (Å²) in [5.41, 5.74) is -0.441. The van der Waals surface area contributed by atoms with Crippen LogP contribution in [0.15, 0.2) is 4.73 Å². The van der Waals surface area contributed by atoms with Crippen molar-refractivity contribution in [2.45, 2.75) is 45.1 Å². The van der Waals surface area contributed by atoms with Crippen molar-refractivity contribution in [2.24, 2.45) is 0 Å². The van der Waals surface area contributed by atoms with E-state index in [1.165, 1.54) is 0 Å². The molecule has 0 aromatic carbocycles. The van der Waals surface area contributed by atoms with E-state index >= 15 is 0 Å². The Morgan fingerprint density at radius 1 is 1.42 bits per heavy atom. The Labute approximate surface area is 121 Å². The van der Waals surface area contributed by atoms with Gasteiger partial charge in [0.15, 0.2) is 0 Å². The van der Waals surface area contributed by atoms with Crippen LogP contribution in [0.3, 0.4) is 0 Å². The van der Waals surface area contributed by atoms with Gasteiger partial charge in [0.05, 0.1) is 0 Å². The number of halogens is 1. The molecule has 1 saturated heterocycles. The van der Waals surface area contributed by atoms with Gasteiger partial charge in [-0.25, -0.2) is 9.78 Å². The van der Waals surface area contributed by atoms with Gasteiger partial charge in [-0.3, -0.25) is 5.10 Å². The number of nitrogens with one attached hydrogen (secondary N) is 1. The molecule has 1 fully saturated rings. The Kier molecular flexibility index (Phi) is 4.13. The maximum atomic E-state index is 11.9. The average molecular weight is 331 g/mol. The van der Waals surface area contributed by atoms with Gasteiger partial charge in [-0.05, 0) is 49.5 Å². The van der Waals surface area contributed by atoms with Crippen molar-refractivity contribution < 1.29 is 9.53 Å². The van der Waals surface area contributed by atoms with Crippen LogP contribution in [0.5, 0.6) is 0 Å². The molecular formula is C12H19BrN4O2. The lowest BCUT2D eigenvalue weighted by molar-refractivity contribution is 0.0203. The average Bonchev–Trinajstić information content (AvgIpc) is 2.74. The number of carbonyl (C=O) groups excluding carboxylic acids is 1. The molecule has 0 bridgehead atoms. The van der Waals surface area contributed by atoms with Crippen molar-refractivity contribution in [2.75, 3.05) is 13.1 Å². The lowest BCUT2D eigenvalue weighted by atomic mass is 9.96. The summed E-state index contributed by atoms with van der Waals surface area (Å²) in [6, 6.07) is 0. The monoisotopic (exact) mass is 330 g/mol. The second kappa shape index (κ2) is 5.48. The minimum absolute atomic E-state index is 0.232. The van der Waals surface area contributed by atoms with Crippen LogP contribution in [0.4, 0.5) is 4.79 Å². The fraction of sp³-hybridized carbons (Fsp3) is 0.750. The van der Waals surface area contributed by atoms with Crippen LogP contribution in [0.1, 0.15) is 45.4 Å². The zero-order valence-corrected chi connectivity index (χ0v) is 13.0. The number of hydrogen-bond acceptors (Lipinski definition) is 4. The normalized spacial score (nSPS) is 17.6. The van der Waals surface area contributed by atoms with Gasteiger partial charge in [-0.2, -0.15) is 0 Å². The molecule has 0 unspecified atom stereocenters. The standard InChI is InChI=1S/C12H19BrN4O2/c1-12(2,3)19-11(18)17-6-4-8(5-7-17)9-14-10(13)16-15-9/h8H,4-7H2,1-3H3,(H,14,15,16). The Hall–Kier alpha value is -1.11. The summed E-state index contributed by atoms with van der Waals surface area (Å²) >= 11 is 3.23. The molecule has 19 heavy (non-hydrogen) atoms. The summed E-state index contributed by atoms with van der Waals surface area (Å²) in [6.45, 7) is 7.02. The molecule has 1 aromatic rings. The molecule has 0 spiro atoms. The van der Waals surface area contributed by atoms with E-state index in [-0.39, 0.29) is 6.09 Å². The summed E-state index contributed by atoms with van der Waals surface area (Å²) in [7, 11) is 0. The lowest BCUT2D eigenvalue weighted by Gasteiger charge is -2.32. The van der Waals surface area contributed by atoms with Gasteiger partial charge in [0.25, 0.3) is 0 Å². The van der Waals surface area contributed by atoms with E-state index < -0.39 is 5.60 Å². The van der Waals surface area contributed by atoms with Crippen LogP contribution in [-0.2, 0) is 4.74 Å². The van der Waals surface area contributed by atoms with E-state index in [1.807, 2.05) is 20.8 Å². The second-order valence-corrected chi connectivity index (χ2v) is 6.44. The van der Waals surface area contributed by atoms with E-state index in [4.69, 9.17) is 4.74 Å². The number of aromatic nitrogens is 3. The number of likely N-dealkylation sites (tertiary alicyclic amines) is 1. The highest BCUT2D eigenvalue weighted by Gasteiger charge is 2.28. The van der Waals surface area contributed by atoms with Crippen molar-refractivity contribution in [1.82, 2.24) is 20.1 Å². The lowest BCUT2D eigenvalue weighted by Crippen LogP contribution is -2.41. The SMILES string of the molecule is CC(C)(C)OC(=O)N1CCC(c2nc(Br)n[nH]2)CC1. The Morgan fingerprint density at radius 3 is 2.53 bits per heavy atom. The molecule has 0 saturated carbocycles. The Balaban J connectivity index is 1.87. The highest BCUT2D eigenvalue weighted by atomic mass is 79.9. The molecule has 2 heterocycles. The van der Waals surface area contributed by atoms with Crippen LogP contribution in [-0.4, -0.2) is 44.9 Å². The van der Waals surface area contributed by atoms with Gasteiger partial charge < -0.3 is 9.64 Å². The van der Waals surface area contributed by atoms with Gasteiger partial charge in [0.2, 0.25) is 4.73 Å². The fourth-order valence-electron chi connectivity index (χ4n) is 2.10. The first-order valence-corrected chi connectivity index (χ1v) is 7.20. The number of amides is 1. The molecule has 1 aromatic heterocycles. The number of ether oxygens (including phenoxy) is 1. The molecule has 1 aliphatic heterocycles. The number of carbonyl (C=O) groups is 1. The molecule has 6 nitrogen and oxygen atoms in total. The molecule has 2 rings (SSSR count). The van der Waals surface area contributed by atoms with Crippen LogP contribution in [0.25, 0.3) is 0 Å². The quantitative estimate of drug-likeness (QED) is 0.859. The predicted octanol–water partition coefficient (Wildman–Crippen LogP) is 2.68. The molecule has 1 amide bonds. The molecule has 1 N–H and O–H groups in total. The first-order valence-electron chi connectivity index (χ1n) is 6.41. The topological polar surface area (TPSA) is 71.1 Å². The molecule has 0 aliphatic carbocycles. The summed E-state index contributed by atoms with van der Waals surface area (Å²) in [6.07, 6.45) is 1.52. The van der Waals surface area contributed by atoms with Crippen molar-refractivity contribution >= 4 is 22.0 Å². The third-order valence-corrected chi connectivity index (χ3v) is 3.36. The first-order chi connectivity index (χ1) is 8.85. The van der Waals surface area contributed by atoms with E-state index in [0.717, 1.165) is 18.7 Å². The van der Waals surface area contributed by atoms with Crippen LogP contribution in [0, 0.1) is 0 Å². The highest BCUT2D eigenvalue weighted by Crippen LogP contribution is 2.26. The van der Waals surface area contributed by atoms with Crippen molar-refractivity contribution in [1.29, 1.82) is 0 Å². The number of hydrogen-bond donors (Lipinski definition) is 1. The largest absolute Gasteiger partial charge is 0.444 e. The Bertz CT molecular complexity index is 447. The molecule has 0 radical (unpaired) electrons. The molecule has 0 atom stereocenters. The van der Waals surface area contributed by atoms with Crippen molar-refractivity contribution in [3.05, 3.63) is 10.6 Å². The summed E-state index contributed by atoms with van der Waals surface area (Å²) in [5, 5.41) is 6.88. The maximum absolute atomic E-state index is 11.9. The van der Waals surface area contributed by atoms with E-state index in [0.29, 0.717) is 23.7 Å². The Morgan fingerprint density at radius 2 is 2.05 bits per heavy atom. The van der Waals surface area contributed by atoms with Crippen LogP contribution >= 0.6 is 15.9 Å². The van der Waals surface area contributed by atoms with E-state index in [9.17, 15) is 4.79 Å². The number of aromatic amines is 1. The second-order valence-electron chi connectivity index (χ2n) is 5.73. The van der Waals surface area contributed by atoms with E-state index in [2.05, 4.69) is 31.1 Å². The molecule has 106 valence electrons. The third-order valence-electron chi connectivity index (χ3n) is 3.01. The smallest absolute Gasteiger partial charge is 0.410 e. The predicted molar refractivity (Wildman–Crippen MR) is 73.9 cm³/mol. The van der Waals surface area contributed by atoms with Crippen molar-refractivity contribution in [3.8, 4) is 0 Å². The zero-order valence-electron chi connectivity index (χ0n) is 11.4. The summed E-state index contributed by atoms with van der Waals surface area (Å²) in [5.74, 6) is 1.22. The highest BCUT2D eigenvalue weighted by molar-refractivity contribution is 9.10. The van der Waals surface area contributed by atoms with Gasteiger partial charge in [-0.1, -0.05) is 0 Å².